The van der Waals surface area contributed by atoms with Crippen molar-refractivity contribution in [3.63, 3.8) is 0 Å². The van der Waals surface area contributed by atoms with E-state index in [9.17, 15) is 0 Å². The summed E-state index contributed by atoms with van der Waals surface area (Å²) in [6.45, 7) is 2.15. The standard InChI is InChI=1S/C13H16N2O/c1-2-5-11-6-3-4-7-13(11)15-9-8-12(10-16)14-15/h3-4,6-9,16H,2,5,10H2,1H3. The summed E-state index contributed by atoms with van der Waals surface area (Å²) in [7, 11) is 0. The Kier molecular flexibility index (Phi) is 3.37. The van der Waals surface area contributed by atoms with Crippen molar-refractivity contribution in [2.45, 2.75) is 26.4 Å². The Bertz CT molecular complexity index is 462. The molecule has 0 atom stereocenters. The van der Waals surface area contributed by atoms with E-state index >= 15 is 0 Å². The number of aryl methyl sites for hydroxylation is 1. The molecule has 0 fully saturated rings. The van der Waals surface area contributed by atoms with Crippen LogP contribution in [0.4, 0.5) is 0 Å². The van der Waals surface area contributed by atoms with Crippen LogP contribution in [-0.2, 0) is 13.0 Å². The van der Waals surface area contributed by atoms with E-state index in [4.69, 9.17) is 5.11 Å². The highest BCUT2D eigenvalue weighted by Gasteiger charge is 2.04. The SMILES string of the molecule is CCCc1ccccc1-n1ccc(CO)n1. The highest BCUT2D eigenvalue weighted by atomic mass is 16.3. The summed E-state index contributed by atoms with van der Waals surface area (Å²) in [5.74, 6) is 0. The third-order valence-electron chi connectivity index (χ3n) is 2.56. The van der Waals surface area contributed by atoms with Crippen LogP contribution in [0.3, 0.4) is 0 Å². The zero-order valence-corrected chi connectivity index (χ0v) is 9.43. The molecule has 84 valence electrons. The van der Waals surface area contributed by atoms with Crippen LogP contribution < -0.4 is 0 Å². The third-order valence-corrected chi connectivity index (χ3v) is 2.56. The summed E-state index contributed by atoms with van der Waals surface area (Å²) in [5, 5.41) is 13.3. The molecule has 0 amide bonds. The number of para-hydroxylation sites is 1. The fourth-order valence-electron chi connectivity index (χ4n) is 1.80. The molecule has 0 aliphatic rings. The van der Waals surface area contributed by atoms with Gasteiger partial charge in [-0.05, 0) is 24.1 Å². The average molecular weight is 216 g/mol. The van der Waals surface area contributed by atoms with Gasteiger partial charge >= 0.3 is 0 Å². The lowest BCUT2D eigenvalue weighted by molar-refractivity contribution is 0.276. The van der Waals surface area contributed by atoms with Gasteiger partial charge in [0.05, 0.1) is 18.0 Å². The first-order valence-electron chi connectivity index (χ1n) is 5.59. The predicted octanol–water partition coefficient (Wildman–Crippen LogP) is 2.32. The van der Waals surface area contributed by atoms with Crippen molar-refractivity contribution < 1.29 is 5.11 Å². The number of aromatic nitrogens is 2. The van der Waals surface area contributed by atoms with Gasteiger partial charge in [0, 0.05) is 6.20 Å². The second-order valence-electron chi connectivity index (χ2n) is 3.79. The minimum absolute atomic E-state index is 0.0110. The number of aliphatic hydroxyl groups excluding tert-OH is 1. The molecule has 1 aromatic heterocycles. The highest BCUT2D eigenvalue weighted by molar-refractivity contribution is 5.40. The summed E-state index contributed by atoms with van der Waals surface area (Å²) in [6, 6.07) is 10.1. The van der Waals surface area contributed by atoms with Crippen molar-refractivity contribution in [2.24, 2.45) is 0 Å². The molecular weight excluding hydrogens is 200 g/mol. The maximum absolute atomic E-state index is 8.99. The van der Waals surface area contributed by atoms with Crippen LogP contribution in [0.25, 0.3) is 5.69 Å². The molecule has 2 rings (SSSR count). The molecule has 0 unspecified atom stereocenters. The summed E-state index contributed by atoms with van der Waals surface area (Å²) in [4.78, 5) is 0. The van der Waals surface area contributed by atoms with Crippen LogP contribution in [0, 0.1) is 0 Å². The Morgan fingerprint density at radius 1 is 1.25 bits per heavy atom. The largest absolute Gasteiger partial charge is 0.390 e. The predicted molar refractivity (Wildman–Crippen MR) is 63.5 cm³/mol. The number of benzene rings is 1. The van der Waals surface area contributed by atoms with Gasteiger partial charge in [-0.15, -0.1) is 0 Å². The zero-order chi connectivity index (χ0) is 11.4. The van der Waals surface area contributed by atoms with Crippen LogP contribution in [0.15, 0.2) is 36.5 Å². The molecule has 0 saturated carbocycles. The van der Waals surface area contributed by atoms with E-state index in [1.807, 2.05) is 29.1 Å². The topological polar surface area (TPSA) is 38.0 Å². The van der Waals surface area contributed by atoms with Gasteiger partial charge < -0.3 is 5.11 Å². The van der Waals surface area contributed by atoms with Crippen LogP contribution in [-0.4, -0.2) is 14.9 Å². The molecule has 0 bridgehead atoms. The van der Waals surface area contributed by atoms with Crippen molar-refractivity contribution >= 4 is 0 Å². The van der Waals surface area contributed by atoms with Crippen LogP contribution >= 0.6 is 0 Å². The van der Waals surface area contributed by atoms with E-state index in [1.54, 1.807) is 0 Å². The van der Waals surface area contributed by atoms with E-state index in [0.717, 1.165) is 18.5 Å². The second-order valence-corrected chi connectivity index (χ2v) is 3.79. The molecule has 0 saturated heterocycles. The van der Waals surface area contributed by atoms with Crippen molar-refractivity contribution in [2.75, 3.05) is 0 Å². The van der Waals surface area contributed by atoms with Gasteiger partial charge in [-0.2, -0.15) is 5.10 Å². The van der Waals surface area contributed by atoms with E-state index in [2.05, 4.69) is 24.2 Å². The minimum Gasteiger partial charge on any atom is -0.390 e. The first-order valence-corrected chi connectivity index (χ1v) is 5.59. The molecule has 1 heterocycles. The highest BCUT2D eigenvalue weighted by Crippen LogP contribution is 2.15. The molecule has 1 N–H and O–H groups in total. The summed E-state index contributed by atoms with van der Waals surface area (Å²) in [5.41, 5.74) is 3.09. The van der Waals surface area contributed by atoms with Crippen molar-refractivity contribution in [3.8, 4) is 5.69 Å². The Labute approximate surface area is 95.3 Å². The van der Waals surface area contributed by atoms with Crippen molar-refractivity contribution in [1.82, 2.24) is 9.78 Å². The van der Waals surface area contributed by atoms with Gasteiger partial charge in [-0.25, -0.2) is 4.68 Å². The number of rotatable bonds is 4. The molecule has 3 nitrogen and oxygen atoms in total. The van der Waals surface area contributed by atoms with E-state index < -0.39 is 0 Å². The molecule has 0 spiro atoms. The van der Waals surface area contributed by atoms with Gasteiger partial charge in [-0.3, -0.25) is 0 Å². The van der Waals surface area contributed by atoms with Crippen LogP contribution in [0.5, 0.6) is 0 Å². The number of hydrogen-bond donors (Lipinski definition) is 1. The van der Waals surface area contributed by atoms with E-state index in [1.165, 1.54) is 5.56 Å². The minimum atomic E-state index is -0.0110. The van der Waals surface area contributed by atoms with Crippen molar-refractivity contribution in [1.29, 1.82) is 0 Å². The van der Waals surface area contributed by atoms with Crippen LogP contribution in [0.1, 0.15) is 24.6 Å². The van der Waals surface area contributed by atoms with Gasteiger partial charge in [0.25, 0.3) is 0 Å². The first-order chi connectivity index (χ1) is 7.85. The lowest BCUT2D eigenvalue weighted by atomic mass is 10.1. The maximum Gasteiger partial charge on any atom is 0.0883 e. The molecular formula is C13H16N2O. The maximum atomic E-state index is 8.99. The molecule has 2 aromatic rings. The normalized spacial score (nSPS) is 10.6. The first kappa shape index (κ1) is 10.9. The zero-order valence-electron chi connectivity index (χ0n) is 9.43. The van der Waals surface area contributed by atoms with Crippen molar-refractivity contribution in [3.05, 3.63) is 47.8 Å². The molecule has 0 aliphatic heterocycles. The number of hydrogen-bond acceptors (Lipinski definition) is 2. The van der Waals surface area contributed by atoms with Crippen LogP contribution in [0.2, 0.25) is 0 Å². The quantitative estimate of drug-likeness (QED) is 0.851. The summed E-state index contributed by atoms with van der Waals surface area (Å²) in [6.07, 6.45) is 4.05. The fraction of sp³-hybridized carbons (Fsp3) is 0.308. The molecule has 3 heteroatoms. The lowest BCUT2D eigenvalue weighted by Gasteiger charge is -2.08. The van der Waals surface area contributed by atoms with E-state index in [-0.39, 0.29) is 6.61 Å². The molecule has 0 aliphatic carbocycles. The van der Waals surface area contributed by atoms with E-state index in [0.29, 0.717) is 5.69 Å². The number of nitrogens with zero attached hydrogens (tertiary/aromatic N) is 2. The Balaban J connectivity index is 2.38. The molecule has 16 heavy (non-hydrogen) atoms. The molecule has 0 radical (unpaired) electrons. The average Bonchev–Trinajstić information content (AvgIpc) is 2.79. The van der Waals surface area contributed by atoms with Gasteiger partial charge in [0.1, 0.15) is 0 Å². The Hall–Kier alpha value is -1.61. The molecule has 1 aromatic carbocycles. The second kappa shape index (κ2) is 4.94. The van der Waals surface area contributed by atoms with Gasteiger partial charge in [-0.1, -0.05) is 31.5 Å². The van der Waals surface area contributed by atoms with Gasteiger partial charge in [0.2, 0.25) is 0 Å². The third kappa shape index (κ3) is 2.14. The Morgan fingerprint density at radius 2 is 2.06 bits per heavy atom. The monoisotopic (exact) mass is 216 g/mol. The number of aliphatic hydroxyl groups is 1. The van der Waals surface area contributed by atoms with Gasteiger partial charge in [0.15, 0.2) is 0 Å². The summed E-state index contributed by atoms with van der Waals surface area (Å²) >= 11 is 0. The Morgan fingerprint density at radius 3 is 2.75 bits per heavy atom. The fourth-order valence-corrected chi connectivity index (χ4v) is 1.80. The summed E-state index contributed by atoms with van der Waals surface area (Å²) < 4.78 is 1.83. The lowest BCUT2D eigenvalue weighted by Crippen LogP contribution is -2.00. The smallest absolute Gasteiger partial charge is 0.0883 e.